The minimum absolute atomic E-state index is 0.160. The number of hydrogen-bond acceptors (Lipinski definition) is 6. The number of pyridine rings is 2. The highest BCUT2D eigenvalue weighted by atomic mass is 19.1. The number of anilines is 2. The van der Waals surface area contributed by atoms with Gasteiger partial charge in [0.15, 0.2) is 0 Å². The van der Waals surface area contributed by atoms with Crippen molar-refractivity contribution >= 4 is 33.3 Å². The Bertz CT molecular complexity index is 1440. The maximum absolute atomic E-state index is 14.6. The van der Waals surface area contributed by atoms with Gasteiger partial charge in [0.05, 0.1) is 27.8 Å². The molecule has 1 aromatic carbocycles. The van der Waals surface area contributed by atoms with Gasteiger partial charge >= 0.3 is 0 Å². The van der Waals surface area contributed by atoms with Gasteiger partial charge in [-0.2, -0.15) is 5.26 Å². The molecule has 4 N–H and O–H groups in total. The third-order valence-corrected chi connectivity index (χ3v) is 7.07. The van der Waals surface area contributed by atoms with Crippen molar-refractivity contribution in [2.45, 2.75) is 18.9 Å². The van der Waals surface area contributed by atoms with Crippen molar-refractivity contribution in [3.8, 4) is 17.2 Å². The Labute approximate surface area is 184 Å². The Morgan fingerprint density at radius 2 is 2.16 bits per heavy atom. The smallest absolute Gasteiger partial charge is 0.140 e. The summed E-state index contributed by atoms with van der Waals surface area (Å²) in [5.74, 6) is -0.311. The van der Waals surface area contributed by atoms with Gasteiger partial charge in [0.25, 0.3) is 0 Å². The van der Waals surface area contributed by atoms with E-state index in [-0.39, 0.29) is 17.3 Å². The fourth-order valence-corrected chi connectivity index (χ4v) is 5.23. The van der Waals surface area contributed by atoms with Gasteiger partial charge in [-0.1, -0.05) is 0 Å². The molecule has 1 aliphatic carbocycles. The molecule has 2 atom stereocenters. The number of nitrogens with two attached hydrogens (primary N) is 1. The minimum Gasteiger partial charge on any atom is -0.386 e. The molecule has 0 bridgehead atoms. The summed E-state index contributed by atoms with van der Waals surface area (Å²) in [6.45, 7) is 1.72. The van der Waals surface area contributed by atoms with Crippen LogP contribution in [0.4, 0.5) is 15.8 Å². The summed E-state index contributed by atoms with van der Waals surface area (Å²) in [5.41, 5.74) is 11.8. The van der Waals surface area contributed by atoms with Crippen molar-refractivity contribution < 1.29 is 4.39 Å². The van der Waals surface area contributed by atoms with Crippen LogP contribution in [0.25, 0.3) is 33.1 Å². The molecule has 1 spiro atoms. The standard InChI is InChI=1S/C24H22FN7/c1-28-18-6-15(25)5-16-20-22(32-3-2-24(12-32)7-19(24)27)17(11-30-23(20)31-21(16)18)14-4-13(8-26)9-29-10-14/h4-6,9-11,19,28H,2-3,7,12,27H2,1H3,(H,30,31)/t19-,24-/m1/s1. The number of fused-ring (bicyclic) bond motifs is 3. The van der Waals surface area contributed by atoms with E-state index in [9.17, 15) is 9.65 Å². The summed E-state index contributed by atoms with van der Waals surface area (Å²) in [7, 11) is 1.78. The molecule has 3 aromatic heterocycles. The first kappa shape index (κ1) is 19.0. The normalized spacial score (nSPS) is 22.1. The lowest BCUT2D eigenvalue weighted by Gasteiger charge is -2.23. The first-order valence-electron chi connectivity index (χ1n) is 10.7. The summed E-state index contributed by atoms with van der Waals surface area (Å²) in [6.07, 6.45) is 7.18. The van der Waals surface area contributed by atoms with Crippen LogP contribution in [0.3, 0.4) is 0 Å². The van der Waals surface area contributed by atoms with Crippen molar-refractivity contribution in [1.29, 1.82) is 5.26 Å². The van der Waals surface area contributed by atoms with Crippen LogP contribution in [-0.2, 0) is 0 Å². The number of aromatic nitrogens is 3. The van der Waals surface area contributed by atoms with Gasteiger partial charge in [-0.05, 0) is 31.0 Å². The molecule has 7 nitrogen and oxygen atoms in total. The monoisotopic (exact) mass is 427 g/mol. The lowest BCUT2D eigenvalue weighted by Crippen LogP contribution is -2.23. The SMILES string of the molecule is CNc1cc(F)cc2c1[nH]c1ncc(-c3cncc(C#N)c3)c(N3CC[C@@]4(C[C@H]4N)C3)c12. The van der Waals surface area contributed by atoms with E-state index >= 15 is 0 Å². The summed E-state index contributed by atoms with van der Waals surface area (Å²) in [6, 6.07) is 7.25. The number of H-pyrrole nitrogens is 1. The predicted octanol–water partition coefficient (Wildman–Crippen LogP) is 3.76. The molecule has 4 heterocycles. The number of halogens is 1. The molecular weight excluding hydrogens is 405 g/mol. The van der Waals surface area contributed by atoms with E-state index in [4.69, 9.17) is 5.73 Å². The average molecular weight is 427 g/mol. The van der Waals surface area contributed by atoms with Gasteiger partial charge in [-0.3, -0.25) is 4.98 Å². The second kappa shape index (κ2) is 6.65. The zero-order valence-electron chi connectivity index (χ0n) is 17.6. The number of rotatable bonds is 3. The van der Waals surface area contributed by atoms with Gasteiger partial charge < -0.3 is 20.9 Å². The van der Waals surface area contributed by atoms with E-state index in [2.05, 4.69) is 31.2 Å². The molecule has 2 aliphatic rings. The molecule has 4 aromatic rings. The lowest BCUT2D eigenvalue weighted by atomic mass is 10.0. The lowest BCUT2D eigenvalue weighted by molar-refractivity contribution is 0.553. The van der Waals surface area contributed by atoms with E-state index in [1.54, 1.807) is 25.5 Å². The maximum atomic E-state index is 14.6. The zero-order chi connectivity index (χ0) is 22.0. The van der Waals surface area contributed by atoms with Crippen LogP contribution in [0.5, 0.6) is 0 Å². The highest BCUT2D eigenvalue weighted by Gasteiger charge is 2.55. The number of nitriles is 1. The summed E-state index contributed by atoms with van der Waals surface area (Å²) < 4.78 is 14.6. The Balaban J connectivity index is 1.66. The highest BCUT2D eigenvalue weighted by molar-refractivity contribution is 6.17. The molecule has 1 saturated carbocycles. The first-order valence-corrected chi connectivity index (χ1v) is 10.7. The average Bonchev–Trinajstić information content (AvgIpc) is 3.13. The molecule has 0 unspecified atom stereocenters. The molecule has 6 rings (SSSR count). The fraction of sp³-hybridized carbons (Fsp3) is 0.292. The topological polar surface area (TPSA) is 107 Å². The van der Waals surface area contributed by atoms with E-state index < -0.39 is 0 Å². The van der Waals surface area contributed by atoms with Crippen molar-refractivity contribution in [2.24, 2.45) is 11.1 Å². The Hall–Kier alpha value is -3.70. The molecule has 1 saturated heterocycles. The quantitative estimate of drug-likeness (QED) is 0.460. The van der Waals surface area contributed by atoms with Gasteiger partial charge in [-0.15, -0.1) is 0 Å². The maximum Gasteiger partial charge on any atom is 0.140 e. The Morgan fingerprint density at radius 3 is 2.88 bits per heavy atom. The number of aromatic amines is 1. The molecule has 0 amide bonds. The fourth-order valence-electron chi connectivity index (χ4n) is 5.23. The summed E-state index contributed by atoms with van der Waals surface area (Å²) >= 11 is 0. The van der Waals surface area contributed by atoms with Gasteiger partial charge in [-0.25, -0.2) is 9.37 Å². The molecule has 2 fully saturated rings. The summed E-state index contributed by atoms with van der Waals surface area (Å²) in [4.78, 5) is 14.7. The van der Waals surface area contributed by atoms with Crippen LogP contribution >= 0.6 is 0 Å². The molecule has 8 heteroatoms. The van der Waals surface area contributed by atoms with Gasteiger partial charge in [0.2, 0.25) is 0 Å². The van der Waals surface area contributed by atoms with E-state index in [1.165, 1.54) is 6.07 Å². The van der Waals surface area contributed by atoms with E-state index in [1.807, 2.05) is 12.3 Å². The molecular formula is C24H22FN7. The predicted molar refractivity (Wildman–Crippen MR) is 123 cm³/mol. The van der Waals surface area contributed by atoms with Gasteiger partial charge in [0.1, 0.15) is 17.5 Å². The van der Waals surface area contributed by atoms with Crippen molar-refractivity contribution in [2.75, 3.05) is 30.4 Å². The zero-order valence-corrected chi connectivity index (χ0v) is 17.6. The largest absolute Gasteiger partial charge is 0.386 e. The number of nitrogens with one attached hydrogen (secondary N) is 2. The molecule has 160 valence electrons. The number of benzene rings is 1. The molecule has 32 heavy (non-hydrogen) atoms. The summed E-state index contributed by atoms with van der Waals surface area (Å²) in [5, 5.41) is 14.1. The second-order valence-corrected chi connectivity index (χ2v) is 8.91. The third-order valence-electron chi connectivity index (χ3n) is 7.07. The number of hydrogen-bond donors (Lipinski definition) is 3. The second-order valence-electron chi connectivity index (χ2n) is 8.91. The van der Waals surface area contributed by atoms with Crippen LogP contribution in [0, 0.1) is 22.6 Å². The van der Waals surface area contributed by atoms with Crippen molar-refractivity contribution in [3.05, 3.63) is 48.2 Å². The van der Waals surface area contributed by atoms with Crippen molar-refractivity contribution in [3.63, 3.8) is 0 Å². The Kier molecular flexibility index (Phi) is 3.95. The third kappa shape index (κ3) is 2.68. The molecule has 1 aliphatic heterocycles. The van der Waals surface area contributed by atoms with E-state index in [0.717, 1.165) is 59.0 Å². The highest BCUT2D eigenvalue weighted by Crippen LogP contribution is 2.54. The Morgan fingerprint density at radius 1 is 1.31 bits per heavy atom. The van der Waals surface area contributed by atoms with E-state index in [0.29, 0.717) is 16.9 Å². The van der Waals surface area contributed by atoms with Crippen LogP contribution in [0.1, 0.15) is 18.4 Å². The van der Waals surface area contributed by atoms with Crippen LogP contribution in [0.2, 0.25) is 0 Å². The molecule has 0 radical (unpaired) electrons. The number of nitrogens with zero attached hydrogens (tertiary/aromatic N) is 4. The van der Waals surface area contributed by atoms with Crippen LogP contribution < -0.4 is 16.0 Å². The minimum atomic E-state index is -0.311. The first-order chi connectivity index (χ1) is 15.5. The van der Waals surface area contributed by atoms with Crippen LogP contribution in [-0.4, -0.2) is 41.1 Å². The van der Waals surface area contributed by atoms with Crippen molar-refractivity contribution in [1.82, 2.24) is 15.0 Å². The van der Waals surface area contributed by atoms with Gasteiger partial charge in [0, 0.05) is 66.7 Å². The van der Waals surface area contributed by atoms with Crippen LogP contribution in [0.15, 0.2) is 36.8 Å².